The summed E-state index contributed by atoms with van der Waals surface area (Å²) in [5.41, 5.74) is 0. The lowest BCUT2D eigenvalue weighted by Crippen LogP contribution is -2.27. The van der Waals surface area contributed by atoms with Crippen LogP contribution in [0.3, 0.4) is 0 Å². The average Bonchev–Trinajstić information content (AvgIpc) is 2.31. The minimum absolute atomic E-state index is 0.719. The first kappa shape index (κ1) is 7.73. The Morgan fingerprint density at radius 3 is 3.00 bits per heavy atom. The predicted octanol–water partition coefficient (Wildman–Crippen LogP) is 1.17. The van der Waals surface area contributed by atoms with Gasteiger partial charge >= 0.3 is 0 Å². The lowest BCUT2D eigenvalue weighted by molar-refractivity contribution is 0.317. The molecule has 0 aromatic heterocycles. The summed E-state index contributed by atoms with van der Waals surface area (Å²) >= 11 is 0. The van der Waals surface area contributed by atoms with Gasteiger partial charge in [0.1, 0.15) is 0 Å². The summed E-state index contributed by atoms with van der Waals surface area (Å²) in [6, 6.07) is 0.719. The molecule has 1 saturated heterocycles. The monoisotopic (exact) mass is 140 g/mol. The van der Waals surface area contributed by atoms with Crippen LogP contribution in [0.5, 0.6) is 0 Å². The molecule has 10 heavy (non-hydrogen) atoms. The van der Waals surface area contributed by atoms with Gasteiger partial charge in [-0.2, -0.15) is 0 Å². The number of nitrogens with zero attached hydrogens (tertiary/aromatic N) is 2. The van der Waals surface area contributed by atoms with Crippen LogP contribution in [0, 0.1) is 0 Å². The molecule has 2 nitrogen and oxygen atoms in total. The van der Waals surface area contributed by atoms with E-state index in [0.717, 1.165) is 12.6 Å². The molecule has 1 heterocycles. The van der Waals surface area contributed by atoms with Gasteiger partial charge < -0.3 is 4.90 Å². The van der Waals surface area contributed by atoms with E-state index >= 15 is 0 Å². The molecule has 2 heteroatoms. The first-order valence-electron chi connectivity index (χ1n) is 3.99. The number of hydrogen-bond donors (Lipinski definition) is 0. The van der Waals surface area contributed by atoms with E-state index in [1.165, 1.54) is 19.4 Å². The van der Waals surface area contributed by atoms with Gasteiger partial charge in [-0.1, -0.05) is 0 Å². The fourth-order valence-corrected chi connectivity index (χ4v) is 1.44. The molecule has 1 unspecified atom stereocenters. The van der Waals surface area contributed by atoms with Gasteiger partial charge in [0.2, 0.25) is 0 Å². The Kier molecular flexibility index (Phi) is 2.87. The van der Waals surface area contributed by atoms with E-state index < -0.39 is 0 Å². The minimum Gasteiger partial charge on any atom is -0.302 e. The maximum Gasteiger partial charge on any atom is 0.0541 e. The third-order valence-electron chi connectivity index (χ3n) is 2.17. The third kappa shape index (κ3) is 1.81. The van der Waals surface area contributed by atoms with Crippen LogP contribution in [-0.2, 0) is 0 Å². The summed E-state index contributed by atoms with van der Waals surface area (Å²) in [5.74, 6) is 0. The van der Waals surface area contributed by atoms with E-state index in [4.69, 9.17) is 0 Å². The van der Waals surface area contributed by atoms with Crippen LogP contribution in [0.1, 0.15) is 19.8 Å². The Balaban J connectivity index is 2.26. The van der Waals surface area contributed by atoms with Gasteiger partial charge in [-0.05, 0) is 39.6 Å². The van der Waals surface area contributed by atoms with Gasteiger partial charge in [0.25, 0.3) is 0 Å². The predicted molar refractivity (Wildman–Crippen MR) is 44.7 cm³/mol. The van der Waals surface area contributed by atoms with Crippen molar-refractivity contribution < 1.29 is 0 Å². The molecule has 1 atom stereocenters. The molecule has 0 radical (unpaired) electrons. The first-order valence-corrected chi connectivity index (χ1v) is 3.99. The van der Waals surface area contributed by atoms with Crippen molar-refractivity contribution in [3.8, 4) is 0 Å². The summed E-state index contributed by atoms with van der Waals surface area (Å²) in [6.45, 7) is 4.23. The topological polar surface area (TPSA) is 15.6 Å². The quantitative estimate of drug-likeness (QED) is 0.526. The molecule has 0 aliphatic carbocycles. The minimum atomic E-state index is 0.719. The number of hydrogen-bond acceptors (Lipinski definition) is 2. The van der Waals surface area contributed by atoms with Crippen molar-refractivity contribution in [1.29, 1.82) is 0 Å². The van der Waals surface area contributed by atoms with Crippen LogP contribution in [-0.4, -0.2) is 37.3 Å². The van der Waals surface area contributed by atoms with Crippen molar-refractivity contribution in [3.05, 3.63) is 0 Å². The van der Waals surface area contributed by atoms with Crippen molar-refractivity contribution >= 4 is 6.21 Å². The maximum absolute atomic E-state index is 4.24. The summed E-state index contributed by atoms with van der Waals surface area (Å²) in [5, 5.41) is 0. The second-order valence-electron chi connectivity index (χ2n) is 2.90. The standard InChI is InChI=1S/C8H16N2/c1-3-9-7-8-5-4-6-10(8)2/h3,8H,4-7H2,1-2H3. The molecule has 1 aliphatic rings. The molecular weight excluding hydrogens is 124 g/mol. The molecule has 0 spiro atoms. The molecule has 0 amide bonds. The molecule has 0 aromatic carbocycles. The second-order valence-corrected chi connectivity index (χ2v) is 2.90. The molecule has 58 valence electrons. The molecule has 1 rings (SSSR count). The lowest BCUT2D eigenvalue weighted by Gasteiger charge is -2.16. The van der Waals surface area contributed by atoms with Crippen LogP contribution in [0.4, 0.5) is 0 Å². The summed E-state index contributed by atoms with van der Waals surface area (Å²) in [6.07, 6.45) is 4.57. The highest BCUT2D eigenvalue weighted by atomic mass is 15.2. The van der Waals surface area contributed by atoms with E-state index in [1.807, 2.05) is 13.1 Å². The van der Waals surface area contributed by atoms with Crippen molar-refractivity contribution in [2.75, 3.05) is 20.1 Å². The van der Waals surface area contributed by atoms with Crippen LogP contribution in [0.2, 0.25) is 0 Å². The maximum atomic E-state index is 4.24. The SMILES string of the molecule is CC=NCC1CCCN1C. The zero-order valence-corrected chi connectivity index (χ0v) is 6.88. The van der Waals surface area contributed by atoms with Gasteiger partial charge in [-0.15, -0.1) is 0 Å². The third-order valence-corrected chi connectivity index (χ3v) is 2.17. The van der Waals surface area contributed by atoms with Gasteiger partial charge in [0, 0.05) is 6.04 Å². The summed E-state index contributed by atoms with van der Waals surface area (Å²) < 4.78 is 0. The number of rotatable bonds is 2. The molecule has 1 fully saturated rings. The Labute approximate surface area is 62.9 Å². The van der Waals surface area contributed by atoms with Gasteiger partial charge in [0.15, 0.2) is 0 Å². The Morgan fingerprint density at radius 2 is 2.50 bits per heavy atom. The van der Waals surface area contributed by atoms with Gasteiger partial charge in [0.05, 0.1) is 6.54 Å². The Morgan fingerprint density at radius 1 is 1.70 bits per heavy atom. The molecular formula is C8H16N2. The highest BCUT2D eigenvalue weighted by Crippen LogP contribution is 2.14. The first-order chi connectivity index (χ1) is 4.84. The highest BCUT2D eigenvalue weighted by Gasteiger charge is 2.19. The second kappa shape index (κ2) is 3.71. The van der Waals surface area contributed by atoms with E-state index in [1.54, 1.807) is 0 Å². The van der Waals surface area contributed by atoms with E-state index in [2.05, 4.69) is 16.9 Å². The van der Waals surface area contributed by atoms with E-state index in [0.29, 0.717) is 0 Å². The molecule has 0 saturated carbocycles. The van der Waals surface area contributed by atoms with E-state index in [-0.39, 0.29) is 0 Å². The smallest absolute Gasteiger partial charge is 0.0541 e. The van der Waals surface area contributed by atoms with Crippen molar-refractivity contribution in [3.63, 3.8) is 0 Å². The average molecular weight is 140 g/mol. The fourth-order valence-electron chi connectivity index (χ4n) is 1.44. The number of aliphatic imine (C=N–C) groups is 1. The summed E-state index contributed by atoms with van der Waals surface area (Å²) in [7, 11) is 2.18. The van der Waals surface area contributed by atoms with Crippen LogP contribution >= 0.6 is 0 Å². The largest absolute Gasteiger partial charge is 0.302 e. The number of likely N-dealkylation sites (tertiary alicyclic amines) is 1. The highest BCUT2D eigenvalue weighted by molar-refractivity contribution is 5.53. The Bertz CT molecular complexity index is 120. The van der Waals surface area contributed by atoms with Crippen molar-refractivity contribution in [2.45, 2.75) is 25.8 Å². The van der Waals surface area contributed by atoms with Crippen LogP contribution in [0.15, 0.2) is 4.99 Å². The lowest BCUT2D eigenvalue weighted by atomic mass is 10.2. The van der Waals surface area contributed by atoms with Gasteiger partial charge in [-0.3, -0.25) is 4.99 Å². The van der Waals surface area contributed by atoms with Crippen molar-refractivity contribution in [2.24, 2.45) is 4.99 Å². The fraction of sp³-hybridized carbons (Fsp3) is 0.875. The molecule has 0 bridgehead atoms. The number of likely N-dealkylation sites (N-methyl/N-ethyl adjacent to an activating group) is 1. The van der Waals surface area contributed by atoms with E-state index in [9.17, 15) is 0 Å². The zero-order valence-electron chi connectivity index (χ0n) is 6.88. The van der Waals surface area contributed by atoms with Crippen LogP contribution < -0.4 is 0 Å². The molecule has 1 aliphatic heterocycles. The normalized spacial score (nSPS) is 28.4. The van der Waals surface area contributed by atoms with Crippen LogP contribution in [0.25, 0.3) is 0 Å². The summed E-state index contributed by atoms with van der Waals surface area (Å²) in [4.78, 5) is 6.63. The zero-order chi connectivity index (χ0) is 7.40. The molecule has 0 N–H and O–H groups in total. The molecule has 0 aromatic rings. The Hall–Kier alpha value is -0.370. The van der Waals surface area contributed by atoms with Gasteiger partial charge in [-0.25, -0.2) is 0 Å². The van der Waals surface area contributed by atoms with Crippen molar-refractivity contribution in [1.82, 2.24) is 4.90 Å².